The Bertz CT molecular complexity index is 829. The number of aliphatic hydroxyl groups is 1. The molecule has 1 atom stereocenters. The maximum absolute atomic E-state index is 12.8. The monoisotopic (exact) mass is 319 g/mol. The fraction of sp³-hybridized carbons (Fsp3) is 0.190. The van der Waals surface area contributed by atoms with Crippen LogP contribution in [0.15, 0.2) is 72.8 Å². The molecule has 0 saturated carbocycles. The average Bonchev–Trinajstić information content (AvgIpc) is 2.65. The van der Waals surface area contributed by atoms with Gasteiger partial charge in [-0.1, -0.05) is 60.7 Å². The topological polar surface area (TPSA) is 40.5 Å². The van der Waals surface area contributed by atoms with Crippen LogP contribution in [0.1, 0.15) is 15.9 Å². The van der Waals surface area contributed by atoms with Crippen molar-refractivity contribution >= 4 is 16.7 Å². The Balaban J connectivity index is 1.80. The maximum Gasteiger partial charge on any atom is 0.253 e. The third kappa shape index (κ3) is 3.47. The fourth-order valence-corrected chi connectivity index (χ4v) is 2.90. The van der Waals surface area contributed by atoms with Crippen molar-refractivity contribution in [2.75, 3.05) is 13.7 Å². The van der Waals surface area contributed by atoms with Crippen LogP contribution in [0.4, 0.5) is 0 Å². The molecule has 1 N–H and O–H groups in total. The van der Waals surface area contributed by atoms with E-state index in [4.69, 9.17) is 0 Å². The molecule has 0 aliphatic heterocycles. The quantitative estimate of drug-likeness (QED) is 0.782. The van der Waals surface area contributed by atoms with Gasteiger partial charge in [-0.2, -0.15) is 0 Å². The smallest absolute Gasteiger partial charge is 0.253 e. The number of hydrogen-bond donors (Lipinski definition) is 1. The second-order valence-electron chi connectivity index (χ2n) is 6.00. The number of carbonyl (C=O) groups excluding carboxylic acids is 1. The van der Waals surface area contributed by atoms with E-state index in [1.54, 1.807) is 11.9 Å². The highest BCUT2D eigenvalue weighted by Crippen LogP contribution is 2.18. The van der Waals surface area contributed by atoms with Gasteiger partial charge in [0.05, 0.1) is 12.6 Å². The molecule has 0 aromatic heterocycles. The predicted molar refractivity (Wildman–Crippen MR) is 97.1 cm³/mol. The zero-order chi connectivity index (χ0) is 16.9. The van der Waals surface area contributed by atoms with Crippen molar-refractivity contribution in [2.45, 2.75) is 12.5 Å². The van der Waals surface area contributed by atoms with Crippen molar-refractivity contribution in [1.29, 1.82) is 0 Å². The SMILES string of the molecule is CN(C(=O)c1ccc2ccccc2c1)[C@@H](CO)Cc1ccccc1. The summed E-state index contributed by atoms with van der Waals surface area (Å²) in [6.07, 6.45) is 0.632. The molecule has 0 unspecified atom stereocenters. The number of hydrogen-bond acceptors (Lipinski definition) is 2. The van der Waals surface area contributed by atoms with Crippen LogP contribution < -0.4 is 0 Å². The number of likely N-dealkylation sites (N-methyl/N-ethyl adjacent to an activating group) is 1. The lowest BCUT2D eigenvalue weighted by Crippen LogP contribution is -2.40. The van der Waals surface area contributed by atoms with Gasteiger partial charge in [0.1, 0.15) is 0 Å². The first-order chi connectivity index (χ1) is 11.7. The minimum absolute atomic E-state index is 0.0648. The third-order valence-electron chi connectivity index (χ3n) is 4.39. The van der Waals surface area contributed by atoms with E-state index in [1.807, 2.05) is 72.8 Å². The summed E-state index contributed by atoms with van der Waals surface area (Å²) in [6, 6.07) is 23.4. The van der Waals surface area contributed by atoms with Gasteiger partial charge in [-0.05, 0) is 34.9 Å². The number of benzene rings is 3. The lowest BCUT2D eigenvalue weighted by atomic mass is 10.0. The van der Waals surface area contributed by atoms with E-state index in [1.165, 1.54) is 0 Å². The molecule has 24 heavy (non-hydrogen) atoms. The van der Waals surface area contributed by atoms with Gasteiger partial charge < -0.3 is 10.0 Å². The molecule has 122 valence electrons. The van der Waals surface area contributed by atoms with Crippen LogP contribution in [0.2, 0.25) is 0 Å². The molecule has 0 saturated heterocycles. The summed E-state index contributed by atoms with van der Waals surface area (Å²) in [4.78, 5) is 14.4. The first-order valence-electron chi connectivity index (χ1n) is 8.10. The first-order valence-corrected chi connectivity index (χ1v) is 8.10. The summed E-state index contributed by atoms with van der Waals surface area (Å²) in [5.74, 6) is -0.0734. The Kier molecular flexibility index (Phi) is 4.92. The van der Waals surface area contributed by atoms with Gasteiger partial charge >= 0.3 is 0 Å². The zero-order valence-electron chi connectivity index (χ0n) is 13.7. The molecule has 0 radical (unpaired) electrons. The molecule has 3 aromatic carbocycles. The minimum atomic E-state index is -0.244. The zero-order valence-corrected chi connectivity index (χ0v) is 13.7. The van der Waals surface area contributed by atoms with Crippen LogP contribution in [-0.2, 0) is 6.42 Å². The van der Waals surface area contributed by atoms with E-state index in [9.17, 15) is 9.90 Å². The molecular weight excluding hydrogens is 298 g/mol. The molecular formula is C21H21NO2. The first kappa shape index (κ1) is 16.2. The molecule has 0 aliphatic rings. The van der Waals surface area contributed by atoms with Crippen LogP contribution in [-0.4, -0.2) is 35.6 Å². The Morgan fingerprint density at radius 2 is 1.62 bits per heavy atom. The van der Waals surface area contributed by atoms with Gasteiger partial charge in [0.25, 0.3) is 5.91 Å². The third-order valence-corrected chi connectivity index (χ3v) is 4.39. The molecule has 3 heteroatoms. The lowest BCUT2D eigenvalue weighted by Gasteiger charge is -2.27. The van der Waals surface area contributed by atoms with Crippen molar-refractivity contribution < 1.29 is 9.90 Å². The Morgan fingerprint density at radius 3 is 2.33 bits per heavy atom. The van der Waals surface area contributed by atoms with E-state index < -0.39 is 0 Å². The van der Waals surface area contributed by atoms with E-state index in [0.717, 1.165) is 16.3 Å². The van der Waals surface area contributed by atoms with Gasteiger partial charge in [0.15, 0.2) is 0 Å². The highest BCUT2D eigenvalue weighted by Gasteiger charge is 2.21. The fourth-order valence-electron chi connectivity index (χ4n) is 2.90. The predicted octanol–water partition coefficient (Wildman–Crippen LogP) is 3.52. The molecule has 3 aromatic rings. The van der Waals surface area contributed by atoms with Gasteiger partial charge in [0, 0.05) is 12.6 Å². The molecule has 0 spiro atoms. The molecule has 3 rings (SSSR count). The highest BCUT2D eigenvalue weighted by molar-refractivity contribution is 5.98. The van der Waals surface area contributed by atoms with Gasteiger partial charge in [-0.15, -0.1) is 0 Å². The van der Waals surface area contributed by atoms with E-state index in [2.05, 4.69) is 0 Å². The second kappa shape index (κ2) is 7.28. The number of carbonyl (C=O) groups is 1. The Morgan fingerprint density at radius 1 is 0.958 bits per heavy atom. The van der Waals surface area contributed by atoms with Crippen molar-refractivity contribution in [3.05, 3.63) is 83.9 Å². The molecule has 1 amide bonds. The highest BCUT2D eigenvalue weighted by atomic mass is 16.3. The minimum Gasteiger partial charge on any atom is -0.394 e. The van der Waals surface area contributed by atoms with Gasteiger partial charge in [-0.25, -0.2) is 0 Å². The second-order valence-corrected chi connectivity index (χ2v) is 6.00. The maximum atomic E-state index is 12.8. The lowest BCUT2D eigenvalue weighted by molar-refractivity contribution is 0.0660. The summed E-state index contributed by atoms with van der Waals surface area (Å²) in [6.45, 7) is -0.0648. The molecule has 0 aliphatic carbocycles. The molecule has 0 bridgehead atoms. The van der Waals surface area contributed by atoms with Crippen LogP contribution in [0.25, 0.3) is 10.8 Å². The Labute approximate surface area is 142 Å². The molecule has 3 nitrogen and oxygen atoms in total. The summed E-state index contributed by atoms with van der Waals surface area (Å²) < 4.78 is 0. The van der Waals surface area contributed by atoms with Crippen molar-refractivity contribution in [3.63, 3.8) is 0 Å². The molecule has 0 fully saturated rings. The van der Waals surface area contributed by atoms with Gasteiger partial charge in [-0.3, -0.25) is 4.79 Å². The number of rotatable bonds is 5. The average molecular weight is 319 g/mol. The summed E-state index contributed by atoms with van der Waals surface area (Å²) in [7, 11) is 1.75. The van der Waals surface area contributed by atoms with Crippen LogP contribution >= 0.6 is 0 Å². The van der Waals surface area contributed by atoms with E-state index in [-0.39, 0.29) is 18.6 Å². The van der Waals surface area contributed by atoms with Crippen LogP contribution in [0.5, 0.6) is 0 Å². The number of aliphatic hydroxyl groups excluding tert-OH is 1. The number of fused-ring (bicyclic) bond motifs is 1. The van der Waals surface area contributed by atoms with Crippen LogP contribution in [0, 0.1) is 0 Å². The summed E-state index contributed by atoms with van der Waals surface area (Å²) in [5, 5.41) is 11.9. The summed E-state index contributed by atoms with van der Waals surface area (Å²) >= 11 is 0. The van der Waals surface area contributed by atoms with Gasteiger partial charge in [0.2, 0.25) is 0 Å². The number of amides is 1. The van der Waals surface area contributed by atoms with Crippen molar-refractivity contribution in [1.82, 2.24) is 4.90 Å². The van der Waals surface area contributed by atoms with Crippen molar-refractivity contribution in [2.24, 2.45) is 0 Å². The number of nitrogens with zero attached hydrogens (tertiary/aromatic N) is 1. The van der Waals surface area contributed by atoms with E-state index in [0.29, 0.717) is 12.0 Å². The van der Waals surface area contributed by atoms with E-state index >= 15 is 0 Å². The standard InChI is InChI=1S/C21H21NO2/c1-22(20(15-23)13-16-7-3-2-4-8-16)21(24)19-12-11-17-9-5-6-10-18(17)14-19/h2-12,14,20,23H,13,15H2,1H3/t20-/m1/s1. The largest absolute Gasteiger partial charge is 0.394 e. The normalized spacial score (nSPS) is 12.1. The Hall–Kier alpha value is -2.65. The summed E-state index contributed by atoms with van der Waals surface area (Å²) in [5.41, 5.74) is 1.75. The van der Waals surface area contributed by atoms with Crippen molar-refractivity contribution in [3.8, 4) is 0 Å². The van der Waals surface area contributed by atoms with Crippen LogP contribution in [0.3, 0.4) is 0 Å². The molecule has 0 heterocycles.